The molecule has 0 amide bonds. The fraction of sp³-hybridized carbons (Fsp3) is 0.647. The zero-order valence-electron chi connectivity index (χ0n) is 13.4. The van der Waals surface area contributed by atoms with Gasteiger partial charge in [-0.1, -0.05) is 38.4 Å². The lowest BCUT2D eigenvalue weighted by Crippen LogP contribution is -2.19. The predicted octanol–water partition coefficient (Wildman–Crippen LogP) is 5.21. The molecule has 2 atom stereocenters. The molecule has 2 unspecified atom stereocenters. The maximum Gasteiger partial charge on any atom is 0.121 e. The van der Waals surface area contributed by atoms with Gasteiger partial charge >= 0.3 is 0 Å². The Bertz CT molecular complexity index is 406. The van der Waals surface area contributed by atoms with Crippen LogP contribution in [0.4, 0.5) is 0 Å². The van der Waals surface area contributed by atoms with Crippen molar-refractivity contribution in [3.8, 4) is 5.75 Å². The number of hydrogen-bond acceptors (Lipinski definition) is 2. The lowest BCUT2D eigenvalue weighted by molar-refractivity contribution is 0.193. The summed E-state index contributed by atoms with van der Waals surface area (Å²) in [5.41, 5.74) is 1.13. The fourth-order valence-corrected chi connectivity index (χ4v) is 2.68. The lowest BCUT2D eigenvalue weighted by atomic mass is 10.1. The third-order valence-electron chi connectivity index (χ3n) is 3.28. The third kappa shape index (κ3) is 5.72. The molecule has 1 rings (SSSR count). The number of nitrogens with one attached hydrogen (secondary N) is 1. The quantitative estimate of drug-likeness (QED) is 0.711. The van der Waals surface area contributed by atoms with E-state index in [1.54, 1.807) is 0 Å². The summed E-state index contributed by atoms with van der Waals surface area (Å²) in [6.45, 7) is 11.8. The van der Waals surface area contributed by atoms with E-state index < -0.39 is 0 Å². The number of halogens is 1. The Morgan fingerprint density at radius 3 is 2.45 bits per heavy atom. The number of ether oxygens (including phenoxy) is 1. The van der Waals surface area contributed by atoms with Gasteiger partial charge in [0.2, 0.25) is 0 Å². The summed E-state index contributed by atoms with van der Waals surface area (Å²) in [4.78, 5) is 0. The van der Waals surface area contributed by atoms with Crippen molar-refractivity contribution in [1.82, 2.24) is 5.32 Å². The molecule has 0 aromatic heterocycles. The van der Waals surface area contributed by atoms with E-state index in [-0.39, 0.29) is 12.1 Å². The van der Waals surface area contributed by atoms with Gasteiger partial charge in [0.1, 0.15) is 5.75 Å². The zero-order chi connectivity index (χ0) is 15.1. The van der Waals surface area contributed by atoms with Crippen LogP contribution in [0.15, 0.2) is 18.2 Å². The van der Waals surface area contributed by atoms with E-state index in [1.165, 1.54) is 0 Å². The zero-order valence-corrected chi connectivity index (χ0v) is 14.1. The van der Waals surface area contributed by atoms with Crippen LogP contribution >= 0.6 is 11.6 Å². The van der Waals surface area contributed by atoms with Crippen LogP contribution in [0.1, 0.15) is 59.1 Å². The van der Waals surface area contributed by atoms with E-state index in [4.69, 9.17) is 16.3 Å². The van der Waals surface area contributed by atoms with Gasteiger partial charge < -0.3 is 10.1 Å². The van der Waals surface area contributed by atoms with Gasteiger partial charge in [0.05, 0.1) is 6.10 Å². The van der Waals surface area contributed by atoms with Crippen LogP contribution in [0.2, 0.25) is 5.02 Å². The van der Waals surface area contributed by atoms with Gasteiger partial charge in [-0.15, -0.1) is 0 Å². The molecule has 2 nitrogen and oxygen atoms in total. The molecule has 0 saturated heterocycles. The Morgan fingerprint density at radius 1 is 1.20 bits per heavy atom. The third-order valence-corrected chi connectivity index (χ3v) is 3.61. The van der Waals surface area contributed by atoms with Gasteiger partial charge in [-0.2, -0.15) is 0 Å². The van der Waals surface area contributed by atoms with Crippen molar-refractivity contribution in [3.05, 3.63) is 28.8 Å². The van der Waals surface area contributed by atoms with Crippen LogP contribution in [-0.2, 0) is 0 Å². The Balaban J connectivity index is 2.67. The molecule has 1 aromatic carbocycles. The Hall–Kier alpha value is -0.730. The number of benzene rings is 1. The minimum Gasteiger partial charge on any atom is -0.491 e. The molecule has 0 fully saturated rings. The Labute approximate surface area is 128 Å². The summed E-state index contributed by atoms with van der Waals surface area (Å²) in [5.74, 6) is 1.49. The first kappa shape index (κ1) is 17.3. The first-order valence-corrected chi connectivity index (χ1v) is 8.01. The van der Waals surface area contributed by atoms with Crippen LogP contribution in [0, 0.1) is 5.92 Å². The Morgan fingerprint density at radius 2 is 1.90 bits per heavy atom. The van der Waals surface area contributed by atoms with Crippen molar-refractivity contribution < 1.29 is 4.74 Å². The highest BCUT2D eigenvalue weighted by Gasteiger charge is 2.12. The smallest absolute Gasteiger partial charge is 0.121 e. The molecule has 0 aliphatic rings. The molecule has 0 bridgehead atoms. The van der Waals surface area contributed by atoms with E-state index in [1.807, 2.05) is 12.1 Å². The second-order valence-corrected chi connectivity index (χ2v) is 6.32. The highest BCUT2D eigenvalue weighted by Crippen LogP contribution is 2.28. The standard InChI is InChI=1S/C17H28ClNO/c1-6-9-19-14(5)16-8-7-15(11-17(16)18)20-13(4)10-12(2)3/h7-8,11-14,19H,6,9-10H2,1-5H3. The summed E-state index contributed by atoms with van der Waals surface area (Å²) in [5, 5.41) is 4.22. The molecule has 1 aromatic rings. The highest BCUT2D eigenvalue weighted by atomic mass is 35.5. The van der Waals surface area contributed by atoms with Crippen molar-refractivity contribution in [2.45, 2.75) is 59.6 Å². The summed E-state index contributed by atoms with van der Waals surface area (Å²) < 4.78 is 5.92. The second-order valence-electron chi connectivity index (χ2n) is 5.92. The van der Waals surface area contributed by atoms with E-state index in [0.29, 0.717) is 5.92 Å². The molecular weight excluding hydrogens is 270 g/mol. The van der Waals surface area contributed by atoms with E-state index >= 15 is 0 Å². The molecule has 1 N–H and O–H groups in total. The van der Waals surface area contributed by atoms with E-state index in [9.17, 15) is 0 Å². The van der Waals surface area contributed by atoms with Crippen molar-refractivity contribution in [2.75, 3.05) is 6.54 Å². The monoisotopic (exact) mass is 297 g/mol. The van der Waals surface area contributed by atoms with E-state index in [0.717, 1.165) is 35.7 Å². The molecule has 0 heterocycles. The maximum atomic E-state index is 6.37. The van der Waals surface area contributed by atoms with Crippen molar-refractivity contribution in [1.29, 1.82) is 0 Å². The molecule has 0 saturated carbocycles. The van der Waals surface area contributed by atoms with Gasteiger partial charge in [-0.25, -0.2) is 0 Å². The molecule has 0 aliphatic carbocycles. The minimum atomic E-state index is 0.215. The molecule has 3 heteroatoms. The number of rotatable bonds is 8. The topological polar surface area (TPSA) is 21.3 Å². The van der Waals surface area contributed by atoms with E-state index in [2.05, 4.69) is 46.0 Å². The first-order chi connectivity index (χ1) is 9.43. The van der Waals surface area contributed by atoms with Crippen LogP contribution in [-0.4, -0.2) is 12.6 Å². The normalized spacial score (nSPS) is 14.3. The Kier molecular flexibility index (Phi) is 7.39. The van der Waals surface area contributed by atoms with Crippen LogP contribution in [0.3, 0.4) is 0 Å². The summed E-state index contributed by atoms with van der Waals surface area (Å²) in [6, 6.07) is 6.28. The SMILES string of the molecule is CCCNC(C)c1ccc(OC(C)CC(C)C)cc1Cl. The fourth-order valence-electron chi connectivity index (χ4n) is 2.35. The summed E-state index contributed by atoms with van der Waals surface area (Å²) in [6.07, 6.45) is 2.39. The van der Waals surface area contributed by atoms with Gasteiger partial charge in [0, 0.05) is 11.1 Å². The van der Waals surface area contributed by atoms with Gasteiger partial charge in [-0.05, 0) is 56.8 Å². The van der Waals surface area contributed by atoms with Gasteiger partial charge in [-0.3, -0.25) is 0 Å². The summed E-state index contributed by atoms with van der Waals surface area (Å²) >= 11 is 6.37. The molecule has 20 heavy (non-hydrogen) atoms. The average Bonchev–Trinajstić information content (AvgIpc) is 2.35. The molecular formula is C17H28ClNO. The first-order valence-electron chi connectivity index (χ1n) is 7.63. The number of hydrogen-bond donors (Lipinski definition) is 1. The molecule has 114 valence electrons. The highest BCUT2D eigenvalue weighted by molar-refractivity contribution is 6.31. The largest absolute Gasteiger partial charge is 0.491 e. The van der Waals surface area contributed by atoms with Crippen molar-refractivity contribution in [3.63, 3.8) is 0 Å². The molecule has 0 spiro atoms. The van der Waals surface area contributed by atoms with Crippen LogP contribution < -0.4 is 10.1 Å². The van der Waals surface area contributed by atoms with Gasteiger partial charge in [0.15, 0.2) is 0 Å². The molecule has 0 aliphatic heterocycles. The van der Waals surface area contributed by atoms with Gasteiger partial charge in [0.25, 0.3) is 0 Å². The lowest BCUT2D eigenvalue weighted by Gasteiger charge is -2.19. The molecule has 0 radical (unpaired) electrons. The summed E-state index contributed by atoms with van der Waals surface area (Å²) in [7, 11) is 0. The van der Waals surface area contributed by atoms with Crippen LogP contribution in [0.25, 0.3) is 0 Å². The van der Waals surface area contributed by atoms with Crippen molar-refractivity contribution in [2.24, 2.45) is 5.92 Å². The second kappa shape index (κ2) is 8.53. The minimum absolute atomic E-state index is 0.215. The van der Waals surface area contributed by atoms with Crippen LogP contribution in [0.5, 0.6) is 5.75 Å². The predicted molar refractivity (Wildman–Crippen MR) is 87.7 cm³/mol. The maximum absolute atomic E-state index is 6.37. The van der Waals surface area contributed by atoms with Crippen molar-refractivity contribution >= 4 is 11.6 Å². The average molecular weight is 298 g/mol.